The van der Waals surface area contributed by atoms with Gasteiger partial charge in [-0.3, -0.25) is 9.80 Å². The van der Waals surface area contributed by atoms with Crippen molar-refractivity contribution in [3.8, 4) is 17.2 Å². The Balaban J connectivity index is 1.53. The summed E-state index contributed by atoms with van der Waals surface area (Å²) in [6.45, 7) is 4.52. The lowest BCUT2D eigenvalue weighted by Crippen LogP contribution is -2.40. The highest BCUT2D eigenvalue weighted by Crippen LogP contribution is 2.29. The van der Waals surface area contributed by atoms with Gasteiger partial charge in [0.15, 0.2) is 11.5 Å². The molecule has 0 saturated carbocycles. The van der Waals surface area contributed by atoms with E-state index < -0.39 is 6.10 Å². The van der Waals surface area contributed by atoms with Crippen LogP contribution in [0.3, 0.4) is 0 Å². The molecule has 3 rings (SSSR count). The summed E-state index contributed by atoms with van der Waals surface area (Å²) in [6, 6.07) is 14.0. The Labute approximate surface area is 190 Å². The highest BCUT2D eigenvalue weighted by atomic mass is 32.2. The molecule has 1 heterocycles. The molecule has 31 heavy (non-hydrogen) atoms. The van der Waals surface area contributed by atoms with Gasteiger partial charge in [-0.05, 0) is 30.8 Å². The quantitative estimate of drug-likeness (QED) is 0.569. The molecule has 1 fully saturated rings. The number of benzene rings is 2. The van der Waals surface area contributed by atoms with Crippen molar-refractivity contribution in [2.45, 2.75) is 19.2 Å². The van der Waals surface area contributed by atoms with Gasteiger partial charge in [0, 0.05) is 49.8 Å². The highest BCUT2D eigenvalue weighted by molar-refractivity contribution is 7.99. The molecule has 6 nitrogen and oxygen atoms in total. The van der Waals surface area contributed by atoms with E-state index in [-0.39, 0.29) is 6.61 Å². The number of β-amino-alcohol motifs (C(OH)–C–C–N with tert-alkyl or cyclic N) is 1. The van der Waals surface area contributed by atoms with Gasteiger partial charge in [0.05, 0.1) is 14.2 Å². The summed E-state index contributed by atoms with van der Waals surface area (Å²) in [7, 11) is 5.43. The van der Waals surface area contributed by atoms with Crippen LogP contribution in [0.5, 0.6) is 17.2 Å². The molecule has 1 atom stereocenters. The van der Waals surface area contributed by atoms with Crippen molar-refractivity contribution in [3.05, 3.63) is 53.6 Å². The summed E-state index contributed by atoms with van der Waals surface area (Å²) in [5.74, 6) is 4.51. The summed E-state index contributed by atoms with van der Waals surface area (Å²) in [5.41, 5.74) is 2.29. The molecule has 1 aliphatic heterocycles. The monoisotopic (exact) mass is 446 g/mol. The largest absolute Gasteiger partial charge is 0.496 e. The topological polar surface area (TPSA) is 54.4 Å². The van der Waals surface area contributed by atoms with Crippen molar-refractivity contribution >= 4 is 11.8 Å². The van der Waals surface area contributed by atoms with Crippen LogP contribution in [0.25, 0.3) is 0 Å². The average molecular weight is 447 g/mol. The molecule has 0 aromatic heterocycles. The molecule has 0 radical (unpaired) electrons. The van der Waals surface area contributed by atoms with Crippen LogP contribution in [-0.2, 0) is 13.1 Å². The minimum Gasteiger partial charge on any atom is -0.496 e. The predicted molar refractivity (Wildman–Crippen MR) is 126 cm³/mol. The van der Waals surface area contributed by atoms with E-state index in [1.54, 1.807) is 14.2 Å². The molecule has 2 aromatic rings. The minimum atomic E-state index is -0.514. The first kappa shape index (κ1) is 23.7. The minimum absolute atomic E-state index is 0.257. The SMILES string of the molecule is COc1ccccc1CN(C)Cc1ccc(OCC(O)CN2CCSCC2)c(OC)c1. The molecule has 0 aliphatic carbocycles. The predicted octanol–water partition coefficient (Wildman–Crippen LogP) is 3.12. The summed E-state index contributed by atoms with van der Waals surface area (Å²) in [5, 5.41) is 10.4. The fraction of sp³-hybridized carbons (Fsp3) is 0.500. The maximum absolute atomic E-state index is 10.4. The molecule has 7 heteroatoms. The number of hydrogen-bond donors (Lipinski definition) is 1. The van der Waals surface area contributed by atoms with Crippen molar-refractivity contribution in [3.63, 3.8) is 0 Å². The normalized spacial score (nSPS) is 15.6. The average Bonchev–Trinajstić information content (AvgIpc) is 2.79. The summed E-state index contributed by atoms with van der Waals surface area (Å²) in [4.78, 5) is 4.52. The molecule has 1 N–H and O–H groups in total. The number of nitrogens with zero attached hydrogens (tertiary/aromatic N) is 2. The zero-order valence-corrected chi connectivity index (χ0v) is 19.6. The lowest BCUT2D eigenvalue weighted by Gasteiger charge is -2.28. The van der Waals surface area contributed by atoms with Crippen molar-refractivity contribution < 1.29 is 19.3 Å². The van der Waals surface area contributed by atoms with Crippen molar-refractivity contribution in [2.75, 3.05) is 59.0 Å². The van der Waals surface area contributed by atoms with E-state index in [9.17, 15) is 5.11 Å². The Morgan fingerprint density at radius 2 is 1.74 bits per heavy atom. The fourth-order valence-electron chi connectivity index (χ4n) is 3.74. The molecule has 0 amide bonds. The third kappa shape index (κ3) is 7.31. The van der Waals surface area contributed by atoms with Crippen LogP contribution >= 0.6 is 11.8 Å². The first-order valence-corrected chi connectivity index (χ1v) is 11.8. The third-order valence-electron chi connectivity index (χ3n) is 5.32. The van der Waals surface area contributed by atoms with Gasteiger partial charge in [-0.1, -0.05) is 24.3 Å². The van der Waals surface area contributed by atoms with Gasteiger partial charge in [-0.15, -0.1) is 0 Å². The number of thioether (sulfide) groups is 1. The molecule has 1 unspecified atom stereocenters. The summed E-state index contributed by atoms with van der Waals surface area (Å²) >= 11 is 1.97. The Morgan fingerprint density at radius 3 is 2.48 bits per heavy atom. The Bertz CT molecular complexity index is 814. The summed E-state index contributed by atoms with van der Waals surface area (Å²) in [6.07, 6.45) is -0.514. The first-order chi connectivity index (χ1) is 15.1. The van der Waals surface area contributed by atoms with Gasteiger partial charge in [0.25, 0.3) is 0 Å². The molecular weight excluding hydrogens is 412 g/mol. The number of para-hydroxylation sites is 1. The summed E-state index contributed by atoms with van der Waals surface area (Å²) < 4.78 is 16.9. The van der Waals surface area contributed by atoms with E-state index in [4.69, 9.17) is 14.2 Å². The molecule has 0 bridgehead atoms. The smallest absolute Gasteiger partial charge is 0.161 e. The molecule has 1 aliphatic rings. The van der Waals surface area contributed by atoms with Crippen LogP contribution < -0.4 is 14.2 Å². The van der Waals surface area contributed by atoms with Crippen molar-refractivity contribution in [1.29, 1.82) is 0 Å². The van der Waals surface area contributed by atoms with E-state index in [1.807, 2.05) is 48.2 Å². The second-order valence-corrected chi connectivity index (χ2v) is 9.07. The molecule has 2 aromatic carbocycles. The fourth-order valence-corrected chi connectivity index (χ4v) is 4.72. The second-order valence-electron chi connectivity index (χ2n) is 7.85. The van der Waals surface area contributed by atoms with E-state index in [2.05, 4.69) is 22.9 Å². The Hall–Kier alpha value is -1.93. The van der Waals surface area contributed by atoms with Crippen LogP contribution in [0.1, 0.15) is 11.1 Å². The van der Waals surface area contributed by atoms with Gasteiger partial charge in [0.2, 0.25) is 0 Å². The number of hydrogen-bond acceptors (Lipinski definition) is 7. The zero-order chi connectivity index (χ0) is 22.1. The molecule has 170 valence electrons. The van der Waals surface area contributed by atoms with Gasteiger partial charge in [-0.25, -0.2) is 0 Å². The number of aliphatic hydroxyl groups excluding tert-OH is 1. The van der Waals surface area contributed by atoms with Crippen LogP contribution in [0.4, 0.5) is 0 Å². The van der Waals surface area contributed by atoms with Crippen LogP contribution in [0.2, 0.25) is 0 Å². The second kappa shape index (κ2) is 12.2. The maximum Gasteiger partial charge on any atom is 0.161 e. The lowest BCUT2D eigenvalue weighted by molar-refractivity contribution is 0.0704. The zero-order valence-electron chi connectivity index (χ0n) is 18.8. The van der Waals surface area contributed by atoms with E-state index >= 15 is 0 Å². The number of methoxy groups -OCH3 is 2. The van der Waals surface area contributed by atoms with Crippen LogP contribution in [0.15, 0.2) is 42.5 Å². The third-order valence-corrected chi connectivity index (χ3v) is 6.26. The Morgan fingerprint density at radius 1 is 1.00 bits per heavy atom. The van der Waals surface area contributed by atoms with E-state index in [0.717, 1.165) is 54.6 Å². The molecule has 1 saturated heterocycles. The molecular formula is C24H34N2O4S. The number of ether oxygens (including phenoxy) is 3. The van der Waals surface area contributed by atoms with E-state index in [0.29, 0.717) is 18.0 Å². The standard InChI is InChI=1S/C24H34N2O4S/c1-25(16-20-6-4-5-7-22(20)28-2)15-19-8-9-23(24(14-19)29-3)30-18-21(27)17-26-10-12-31-13-11-26/h4-9,14,21,27H,10-13,15-18H2,1-3H3. The van der Waals surface area contributed by atoms with E-state index in [1.165, 1.54) is 0 Å². The number of aliphatic hydroxyl groups is 1. The van der Waals surface area contributed by atoms with Gasteiger partial charge in [-0.2, -0.15) is 11.8 Å². The van der Waals surface area contributed by atoms with Crippen LogP contribution in [0, 0.1) is 0 Å². The highest BCUT2D eigenvalue weighted by Gasteiger charge is 2.16. The maximum atomic E-state index is 10.4. The van der Waals surface area contributed by atoms with Crippen LogP contribution in [-0.4, -0.2) is 80.0 Å². The van der Waals surface area contributed by atoms with Gasteiger partial charge in [0.1, 0.15) is 18.5 Å². The van der Waals surface area contributed by atoms with Gasteiger partial charge < -0.3 is 19.3 Å². The van der Waals surface area contributed by atoms with Crippen molar-refractivity contribution in [1.82, 2.24) is 9.80 Å². The first-order valence-electron chi connectivity index (χ1n) is 10.7. The van der Waals surface area contributed by atoms with Crippen molar-refractivity contribution in [2.24, 2.45) is 0 Å². The Kier molecular flexibility index (Phi) is 9.33. The lowest BCUT2D eigenvalue weighted by atomic mass is 10.1. The molecule has 0 spiro atoms. The number of rotatable bonds is 11. The van der Waals surface area contributed by atoms with Gasteiger partial charge >= 0.3 is 0 Å².